The van der Waals surface area contributed by atoms with Crippen molar-refractivity contribution in [1.82, 2.24) is 25.3 Å². The molecule has 0 saturated carbocycles. The van der Waals surface area contributed by atoms with Gasteiger partial charge in [0.1, 0.15) is 0 Å². The van der Waals surface area contributed by atoms with Gasteiger partial charge in [-0.15, -0.1) is 0 Å². The molecular weight excluding hydrogens is 523 g/mol. The summed E-state index contributed by atoms with van der Waals surface area (Å²) in [6.07, 6.45) is -2.19. The Morgan fingerprint density at radius 1 is 1.03 bits per heavy atom. The van der Waals surface area contributed by atoms with Crippen molar-refractivity contribution in [2.24, 2.45) is 0 Å². The van der Waals surface area contributed by atoms with Crippen molar-refractivity contribution >= 4 is 44.3 Å². The van der Waals surface area contributed by atoms with Gasteiger partial charge in [0.2, 0.25) is 0 Å². The number of carbonyl (C=O) groups is 3. The van der Waals surface area contributed by atoms with Crippen LogP contribution in [0, 0.1) is 0 Å². The average Bonchev–Trinajstić information content (AvgIpc) is 3.45. The lowest BCUT2D eigenvalue weighted by atomic mass is 10.1. The maximum absolute atomic E-state index is 12.4. The lowest BCUT2D eigenvalue weighted by Crippen LogP contribution is -2.27. The molecule has 0 aliphatic heterocycles. The Morgan fingerprint density at radius 2 is 1.68 bits per heavy atom. The number of nitrogens with one attached hydrogen (secondary N) is 3. The molecule has 0 bridgehead atoms. The highest BCUT2D eigenvalue weighted by Gasteiger charge is 2.38. The first-order valence-electron chi connectivity index (χ1n) is 11.6. The van der Waals surface area contributed by atoms with Crippen LogP contribution in [0.15, 0.2) is 48.7 Å². The number of benzene rings is 2. The molecule has 4 N–H and O–H groups in total. The van der Waals surface area contributed by atoms with Gasteiger partial charge in [0, 0.05) is 36.5 Å². The first kappa shape index (κ1) is 28.6. The van der Waals surface area contributed by atoms with E-state index in [1.165, 1.54) is 0 Å². The fraction of sp³-hybridized carbons (Fsp3) is 0.280. The molecule has 13 heteroatoms. The third-order valence-electron chi connectivity index (χ3n) is 5.33. The van der Waals surface area contributed by atoms with Gasteiger partial charge in [-0.3, -0.25) is 14.0 Å². The molecule has 0 radical (unpaired) electrons. The zero-order valence-corrected chi connectivity index (χ0v) is 21.4. The Morgan fingerprint density at radius 3 is 2.29 bits per heavy atom. The number of amides is 2. The minimum absolute atomic E-state index is 0.0543. The molecule has 202 valence electrons. The maximum atomic E-state index is 12.4. The number of alkyl halides is 3. The Kier molecular flexibility index (Phi) is 9.42. The van der Waals surface area contributed by atoms with Crippen LogP contribution in [0.4, 0.5) is 13.2 Å². The lowest BCUT2D eigenvalue weighted by Gasteiger charge is -2.05. The first-order chi connectivity index (χ1) is 18.0. The molecule has 0 spiro atoms. The summed E-state index contributed by atoms with van der Waals surface area (Å²) < 4.78 is 34.8. The fourth-order valence-corrected chi connectivity index (χ4v) is 4.46. The highest BCUT2D eigenvalue weighted by Crippen LogP contribution is 2.30. The summed E-state index contributed by atoms with van der Waals surface area (Å²) in [6.45, 7) is 4.56. The van der Waals surface area contributed by atoms with Crippen LogP contribution in [0.3, 0.4) is 0 Å². The number of aromatic nitrogens is 2. The summed E-state index contributed by atoms with van der Waals surface area (Å²) in [4.78, 5) is 38.7. The first-order valence-corrected chi connectivity index (χ1v) is 12.4. The van der Waals surface area contributed by atoms with E-state index < -0.39 is 12.1 Å². The highest BCUT2D eigenvalue weighted by atomic mass is 32.1. The number of hydrogen-bond donors (Lipinski definition) is 4. The number of aliphatic carboxylic acids is 1. The quantitative estimate of drug-likeness (QED) is 0.247. The molecule has 2 aromatic carbocycles. The normalized spacial score (nSPS) is 11.2. The van der Waals surface area contributed by atoms with Crippen molar-refractivity contribution in [3.05, 3.63) is 59.8 Å². The fourth-order valence-electron chi connectivity index (χ4n) is 3.41. The maximum Gasteiger partial charge on any atom is 0.490 e. The molecule has 9 nitrogen and oxygen atoms in total. The summed E-state index contributed by atoms with van der Waals surface area (Å²) in [5.41, 5.74) is 4.09. The van der Waals surface area contributed by atoms with Gasteiger partial charge in [-0.2, -0.15) is 13.2 Å². The number of imidazole rings is 1. The summed E-state index contributed by atoms with van der Waals surface area (Å²) in [6, 6.07) is 13.1. The van der Waals surface area contributed by atoms with Gasteiger partial charge >= 0.3 is 12.1 Å². The highest BCUT2D eigenvalue weighted by molar-refractivity contribution is 7.23. The van der Waals surface area contributed by atoms with E-state index in [1.54, 1.807) is 30.5 Å². The van der Waals surface area contributed by atoms with E-state index >= 15 is 0 Å². The molecule has 4 rings (SSSR count). The van der Waals surface area contributed by atoms with Gasteiger partial charge in [-0.05, 0) is 49.8 Å². The number of nitrogens with zero attached hydrogens (tertiary/aromatic N) is 2. The second-order valence-electron chi connectivity index (χ2n) is 7.99. The van der Waals surface area contributed by atoms with E-state index in [-0.39, 0.29) is 11.8 Å². The van der Waals surface area contributed by atoms with Crippen LogP contribution in [0.2, 0.25) is 0 Å². The second-order valence-corrected chi connectivity index (χ2v) is 8.99. The van der Waals surface area contributed by atoms with E-state index in [9.17, 15) is 22.8 Å². The minimum Gasteiger partial charge on any atom is -0.475 e. The summed E-state index contributed by atoms with van der Waals surface area (Å²) in [5.74, 6) is -2.92. The van der Waals surface area contributed by atoms with Crippen LogP contribution >= 0.6 is 11.3 Å². The van der Waals surface area contributed by atoms with Crippen molar-refractivity contribution in [2.45, 2.75) is 19.5 Å². The molecule has 0 fully saturated rings. The molecule has 0 atom stereocenters. The number of carbonyl (C=O) groups excluding carboxylic acids is 2. The topological polar surface area (TPSA) is 125 Å². The Labute approximate surface area is 219 Å². The molecule has 0 saturated heterocycles. The van der Waals surface area contributed by atoms with Crippen molar-refractivity contribution in [1.29, 1.82) is 0 Å². The predicted molar refractivity (Wildman–Crippen MR) is 139 cm³/mol. The van der Waals surface area contributed by atoms with Gasteiger partial charge < -0.3 is 21.1 Å². The van der Waals surface area contributed by atoms with Crippen molar-refractivity contribution in [3.8, 4) is 11.3 Å². The van der Waals surface area contributed by atoms with Gasteiger partial charge in [-0.1, -0.05) is 30.4 Å². The smallest absolute Gasteiger partial charge is 0.475 e. The molecule has 38 heavy (non-hydrogen) atoms. The van der Waals surface area contributed by atoms with E-state index in [1.807, 2.05) is 40.9 Å². The zero-order valence-electron chi connectivity index (χ0n) is 20.6. The average molecular weight is 550 g/mol. The number of carboxylic acid groups (broad SMARTS) is 1. The molecule has 0 unspecified atom stereocenters. The second kappa shape index (κ2) is 12.5. The van der Waals surface area contributed by atoms with Crippen molar-refractivity contribution in [2.75, 3.05) is 26.7 Å². The van der Waals surface area contributed by atoms with Crippen LogP contribution in [0.5, 0.6) is 0 Å². The summed E-state index contributed by atoms with van der Waals surface area (Å²) >= 11 is 1.55. The summed E-state index contributed by atoms with van der Waals surface area (Å²) in [7, 11) is 1.62. The number of fused-ring (bicyclic) bond motifs is 3. The summed E-state index contributed by atoms with van der Waals surface area (Å²) in [5, 5.41) is 16.0. The zero-order chi connectivity index (χ0) is 27.9. The van der Waals surface area contributed by atoms with Crippen LogP contribution in [0.1, 0.15) is 34.1 Å². The number of thiazole rings is 1. The van der Waals surface area contributed by atoms with Crippen molar-refractivity contribution < 1.29 is 32.7 Å². The van der Waals surface area contributed by atoms with E-state index in [0.717, 1.165) is 45.9 Å². The monoisotopic (exact) mass is 549 g/mol. The van der Waals surface area contributed by atoms with Crippen molar-refractivity contribution in [3.63, 3.8) is 0 Å². The predicted octanol–water partition coefficient (Wildman–Crippen LogP) is 3.94. The largest absolute Gasteiger partial charge is 0.490 e. The number of hydrogen-bond acceptors (Lipinski definition) is 6. The van der Waals surface area contributed by atoms with Gasteiger partial charge in [0.05, 0.1) is 15.9 Å². The third kappa shape index (κ3) is 7.07. The van der Waals surface area contributed by atoms with Gasteiger partial charge in [0.15, 0.2) is 4.96 Å². The van der Waals surface area contributed by atoms with Crippen LogP contribution in [0.25, 0.3) is 26.4 Å². The van der Waals surface area contributed by atoms with E-state index in [0.29, 0.717) is 17.7 Å². The molecule has 4 aromatic rings. The molecule has 2 heterocycles. The van der Waals surface area contributed by atoms with Gasteiger partial charge in [0.25, 0.3) is 11.8 Å². The van der Waals surface area contributed by atoms with E-state index in [2.05, 4.69) is 22.9 Å². The third-order valence-corrected chi connectivity index (χ3v) is 6.35. The number of rotatable bonds is 8. The van der Waals surface area contributed by atoms with E-state index in [4.69, 9.17) is 14.9 Å². The minimum atomic E-state index is -5.08. The molecular formula is C25H26F3N5O4S. The Bertz CT molecular complexity index is 1430. The van der Waals surface area contributed by atoms with Crippen LogP contribution < -0.4 is 16.0 Å². The Hall–Kier alpha value is -3.97. The van der Waals surface area contributed by atoms with Gasteiger partial charge in [-0.25, -0.2) is 9.78 Å². The number of carboxylic acids is 1. The molecule has 2 amide bonds. The SMILES string of the molecule is CCNCCCNC(=O)c1ccc2c(c1)sc1nc(-c3ccc(C(=O)NC)cc3)cn12.O=C(O)C(F)(F)F. The van der Waals surface area contributed by atoms with Crippen LogP contribution in [-0.2, 0) is 4.79 Å². The molecule has 2 aromatic heterocycles. The standard InChI is InChI=1S/C23H25N5O2S.C2HF3O2/c1-3-25-11-4-12-26-22(30)17-9-10-19-20(13-17)31-23-27-18(14-28(19)23)15-5-7-16(8-6-15)21(29)24-2;3-2(4,5)1(6)7/h5-10,13-14,25H,3-4,11-12H2,1-2H3,(H,24,29)(H,26,30);(H,6,7). The molecule has 0 aliphatic rings. The number of halogens is 3. The molecule has 0 aliphatic carbocycles. The lowest BCUT2D eigenvalue weighted by molar-refractivity contribution is -0.192. The Balaban J connectivity index is 0.000000505. The van der Waals surface area contributed by atoms with Crippen LogP contribution in [-0.4, -0.2) is 65.1 Å².